The van der Waals surface area contributed by atoms with Crippen molar-refractivity contribution in [1.82, 2.24) is 4.98 Å². The smallest absolute Gasteiger partial charge is 0.324 e. The summed E-state index contributed by atoms with van der Waals surface area (Å²) < 4.78 is 15.8. The zero-order valence-electron chi connectivity index (χ0n) is 11.3. The summed E-state index contributed by atoms with van der Waals surface area (Å²) in [5, 5.41) is 0. The average Bonchev–Trinajstić information content (AvgIpc) is 2.37. The van der Waals surface area contributed by atoms with Gasteiger partial charge in [-0.25, -0.2) is 0 Å². The van der Waals surface area contributed by atoms with E-state index in [4.69, 9.17) is 9.42 Å². The molecule has 0 saturated carbocycles. The number of hydrogen-bond acceptors (Lipinski definition) is 3. The topological polar surface area (TPSA) is 59.4 Å². The quantitative estimate of drug-likeness (QED) is 0.605. The molecule has 0 aromatic carbocycles. The van der Waals surface area contributed by atoms with E-state index in [0.29, 0.717) is 12.8 Å². The summed E-state index contributed by atoms with van der Waals surface area (Å²) in [6.45, 7) is 4.16. The van der Waals surface area contributed by atoms with Crippen LogP contribution in [0.5, 0.6) is 0 Å². The van der Waals surface area contributed by atoms with Crippen LogP contribution < -0.4 is 0 Å². The van der Waals surface area contributed by atoms with Gasteiger partial charge in [0.15, 0.2) is 0 Å². The second-order valence-electron chi connectivity index (χ2n) is 3.86. The Bertz CT molecular complexity index is 293. The maximum atomic E-state index is 11.1. The summed E-state index contributed by atoms with van der Waals surface area (Å²) in [6.07, 6.45) is 7.90. The van der Waals surface area contributed by atoms with Crippen LogP contribution in [0.1, 0.15) is 39.5 Å². The van der Waals surface area contributed by atoms with Gasteiger partial charge in [0.05, 0.1) is 6.61 Å². The van der Waals surface area contributed by atoms with Crippen LogP contribution in [-0.4, -0.2) is 22.6 Å². The van der Waals surface area contributed by atoms with E-state index >= 15 is 0 Å². The van der Waals surface area contributed by atoms with Crippen molar-refractivity contribution in [2.24, 2.45) is 0 Å². The van der Waals surface area contributed by atoms with Gasteiger partial charge < -0.3 is 9.42 Å². The average molecular weight is 273 g/mol. The Balaban J connectivity index is 0.000000397. The van der Waals surface area contributed by atoms with Crippen molar-refractivity contribution in [3.63, 3.8) is 0 Å². The van der Waals surface area contributed by atoms with Crippen molar-refractivity contribution < 1.29 is 14.0 Å². The van der Waals surface area contributed by atoms with Crippen molar-refractivity contribution >= 4 is 7.60 Å². The third-order valence-corrected chi connectivity index (χ3v) is 3.73. The third kappa shape index (κ3) is 11.8. The van der Waals surface area contributed by atoms with Gasteiger partial charge in [-0.3, -0.25) is 9.55 Å². The molecule has 1 unspecified atom stereocenters. The van der Waals surface area contributed by atoms with E-state index in [2.05, 4.69) is 11.9 Å². The Morgan fingerprint density at radius 2 is 1.78 bits per heavy atom. The molecule has 0 aliphatic rings. The predicted octanol–water partition coefficient (Wildman–Crippen LogP) is 3.87. The number of aromatic nitrogens is 1. The molecule has 1 heterocycles. The molecule has 0 spiro atoms. The zero-order chi connectivity index (χ0) is 13.7. The molecular weight excluding hydrogens is 249 g/mol. The van der Waals surface area contributed by atoms with Gasteiger partial charge in [-0.2, -0.15) is 0 Å². The highest BCUT2D eigenvalue weighted by molar-refractivity contribution is 7.52. The molecule has 4 nitrogen and oxygen atoms in total. The van der Waals surface area contributed by atoms with E-state index in [1.54, 1.807) is 19.3 Å². The lowest BCUT2D eigenvalue weighted by Gasteiger charge is -2.09. The predicted molar refractivity (Wildman–Crippen MR) is 74.7 cm³/mol. The molecule has 104 valence electrons. The van der Waals surface area contributed by atoms with Gasteiger partial charge in [0.2, 0.25) is 0 Å². The normalized spacial score (nSPS) is 13.3. The Kier molecular flexibility index (Phi) is 11.0. The molecule has 0 aliphatic carbocycles. The van der Waals surface area contributed by atoms with E-state index < -0.39 is 7.60 Å². The first-order chi connectivity index (χ1) is 8.62. The first kappa shape index (κ1) is 17.3. The van der Waals surface area contributed by atoms with Crippen LogP contribution in [-0.2, 0) is 9.09 Å². The molecule has 1 N–H and O–H groups in total. The molecule has 0 aliphatic heterocycles. The molecule has 1 rings (SSSR count). The Morgan fingerprint density at radius 1 is 1.11 bits per heavy atom. The van der Waals surface area contributed by atoms with Crippen LogP contribution in [0.15, 0.2) is 30.6 Å². The van der Waals surface area contributed by atoms with Gasteiger partial charge in [-0.15, -0.1) is 0 Å². The number of rotatable bonds is 7. The summed E-state index contributed by atoms with van der Waals surface area (Å²) in [5.74, 6) is 0. The van der Waals surface area contributed by atoms with E-state index in [1.165, 1.54) is 0 Å². The van der Waals surface area contributed by atoms with E-state index in [0.717, 1.165) is 25.7 Å². The lowest BCUT2D eigenvalue weighted by molar-refractivity contribution is 0.273. The SMILES string of the molecule is CCCCCCP(=O)(O)OCC.c1ccncc1. The first-order valence-corrected chi connectivity index (χ1v) is 8.20. The fourth-order valence-corrected chi connectivity index (χ4v) is 2.47. The van der Waals surface area contributed by atoms with Crippen molar-refractivity contribution in [3.8, 4) is 0 Å². The highest BCUT2D eigenvalue weighted by atomic mass is 31.2. The molecule has 0 amide bonds. The Labute approximate surface area is 110 Å². The largest absolute Gasteiger partial charge is 0.328 e. The molecule has 0 radical (unpaired) electrons. The Morgan fingerprint density at radius 3 is 2.17 bits per heavy atom. The summed E-state index contributed by atoms with van der Waals surface area (Å²) in [6, 6.07) is 5.72. The van der Waals surface area contributed by atoms with Crippen molar-refractivity contribution in [2.75, 3.05) is 12.8 Å². The number of nitrogens with zero attached hydrogens (tertiary/aromatic N) is 1. The Hall–Kier alpha value is -0.700. The van der Waals surface area contributed by atoms with Crippen LogP contribution in [0, 0.1) is 0 Å². The maximum Gasteiger partial charge on any atom is 0.328 e. The minimum Gasteiger partial charge on any atom is -0.324 e. The molecule has 1 atom stereocenters. The first-order valence-electron chi connectivity index (χ1n) is 6.43. The monoisotopic (exact) mass is 273 g/mol. The molecule has 0 fully saturated rings. The van der Waals surface area contributed by atoms with Gasteiger partial charge in [0, 0.05) is 18.6 Å². The summed E-state index contributed by atoms with van der Waals surface area (Å²) >= 11 is 0. The van der Waals surface area contributed by atoms with Gasteiger partial charge in [-0.1, -0.05) is 32.3 Å². The molecular formula is C13H24NO3P. The van der Waals surface area contributed by atoms with Gasteiger partial charge in [0.25, 0.3) is 0 Å². The van der Waals surface area contributed by atoms with Crippen LogP contribution in [0.25, 0.3) is 0 Å². The lowest BCUT2D eigenvalue weighted by Crippen LogP contribution is -1.94. The van der Waals surface area contributed by atoms with Crippen molar-refractivity contribution in [1.29, 1.82) is 0 Å². The second-order valence-corrected chi connectivity index (χ2v) is 5.84. The van der Waals surface area contributed by atoms with Crippen molar-refractivity contribution in [2.45, 2.75) is 39.5 Å². The van der Waals surface area contributed by atoms with Gasteiger partial charge in [-0.05, 0) is 25.5 Å². The fraction of sp³-hybridized carbons (Fsp3) is 0.615. The van der Waals surface area contributed by atoms with Crippen LogP contribution in [0.2, 0.25) is 0 Å². The number of pyridine rings is 1. The van der Waals surface area contributed by atoms with Crippen LogP contribution in [0.3, 0.4) is 0 Å². The summed E-state index contributed by atoms with van der Waals surface area (Å²) in [7, 11) is -3.23. The van der Waals surface area contributed by atoms with E-state index in [-0.39, 0.29) is 0 Å². The zero-order valence-corrected chi connectivity index (χ0v) is 12.2. The van der Waals surface area contributed by atoms with Crippen molar-refractivity contribution in [3.05, 3.63) is 30.6 Å². The van der Waals surface area contributed by atoms with E-state index in [1.807, 2.05) is 18.2 Å². The third-order valence-electron chi connectivity index (χ3n) is 2.19. The maximum absolute atomic E-state index is 11.1. The molecule has 5 heteroatoms. The molecule has 0 bridgehead atoms. The number of hydrogen-bond donors (Lipinski definition) is 1. The molecule has 1 aromatic rings. The van der Waals surface area contributed by atoms with E-state index in [9.17, 15) is 4.57 Å². The van der Waals surface area contributed by atoms with Crippen LogP contribution in [0.4, 0.5) is 0 Å². The molecule has 1 aromatic heterocycles. The summed E-state index contributed by atoms with van der Waals surface area (Å²) in [5.41, 5.74) is 0. The molecule has 0 saturated heterocycles. The van der Waals surface area contributed by atoms with Gasteiger partial charge >= 0.3 is 7.60 Å². The highest BCUT2D eigenvalue weighted by Crippen LogP contribution is 2.42. The number of unbranched alkanes of at least 4 members (excludes halogenated alkanes) is 3. The fourth-order valence-electron chi connectivity index (χ4n) is 1.32. The lowest BCUT2D eigenvalue weighted by atomic mass is 10.2. The highest BCUT2D eigenvalue weighted by Gasteiger charge is 2.16. The minimum atomic E-state index is -3.23. The molecule has 18 heavy (non-hydrogen) atoms. The second kappa shape index (κ2) is 11.4. The van der Waals surface area contributed by atoms with Crippen LogP contribution >= 0.6 is 7.60 Å². The minimum absolute atomic E-state index is 0.306. The summed E-state index contributed by atoms with van der Waals surface area (Å²) in [4.78, 5) is 12.9. The van der Waals surface area contributed by atoms with Gasteiger partial charge in [0.1, 0.15) is 0 Å². The standard InChI is InChI=1S/C8H19O3P.C5H5N/c1-3-5-6-7-8-12(9,10)11-4-2;1-2-4-6-5-3-1/h3-8H2,1-2H3,(H,9,10);1-5H.